The van der Waals surface area contributed by atoms with E-state index in [0.717, 1.165) is 5.56 Å². The van der Waals surface area contributed by atoms with E-state index in [2.05, 4.69) is 10.6 Å². The maximum absolute atomic E-state index is 11.9. The van der Waals surface area contributed by atoms with Crippen molar-refractivity contribution in [2.24, 2.45) is 0 Å². The van der Waals surface area contributed by atoms with E-state index in [-0.39, 0.29) is 18.2 Å². The average molecular weight is 312 g/mol. The molecule has 120 valence electrons. The number of nitrogens with one attached hydrogen (secondary N) is 2. The largest absolute Gasteiger partial charge is 0.496 e. The van der Waals surface area contributed by atoms with Gasteiger partial charge in [-0.1, -0.05) is 36.4 Å². The summed E-state index contributed by atoms with van der Waals surface area (Å²) in [6.45, 7) is 0.762. The fourth-order valence-corrected chi connectivity index (χ4v) is 2.15. The first-order valence-electron chi connectivity index (χ1n) is 7.42. The van der Waals surface area contributed by atoms with Gasteiger partial charge in [-0.3, -0.25) is 9.59 Å². The molecule has 0 radical (unpaired) electrons. The molecule has 2 amide bonds. The second-order valence-corrected chi connectivity index (χ2v) is 4.96. The summed E-state index contributed by atoms with van der Waals surface area (Å²) in [7, 11) is 1.58. The Hall–Kier alpha value is -2.82. The average Bonchev–Trinajstić information content (AvgIpc) is 2.59. The van der Waals surface area contributed by atoms with Crippen molar-refractivity contribution in [3.8, 4) is 5.75 Å². The van der Waals surface area contributed by atoms with Crippen LogP contribution >= 0.6 is 0 Å². The first-order valence-corrected chi connectivity index (χ1v) is 7.42. The molecule has 0 saturated heterocycles. The molecule has 2 rings (SSSR count). The molecule has 2 N–H and O–H groups in total. The Labute approximate surface area is 135 Å². The molecule has 5 heteroatoms. The molecule has 2 aromatic carbocycles. The van der Waals surface area contributed by atoms with Crippen LogP contribution < -0.4 is 15.4 Å². The van der Waals surface area contributed by atoms with Crippen LogP contribution in [0.4, 0.5) is 0 Å². The Morgan fingerprint density at radius 3 is 2.30 bits per heavy atom. The highest BCUT2D eigenvalue weighted by atomic mass is 16.5. The quantitative estimate of drug-likeness (QED) is 0.766. The maximum atomic E-state index is 11.9. The third-order valence-electron chi connectivity index (χ3n) is 3.31. The van der Waals surface area contributed by atoms with E-state index < -0.39 is 0 Å². The van der Waals surface area contributed by atoms with Crippen molar-refractivity contribution in [2.45, 2.75) is 6.42 Å². The molecule has 0 aromatic heterocycles. The van der Waals surface area contributed by atoms with E-state index in [1.165, 1.54) is 0 Å². The molecule has 0 bridgehead atoms. The summed E-state index contributed by atoms with van der Waals surface area (Å²) < 4.78 is 5.22. The van der Waals surface area contributed by atoms with Crippen molar-refractivity contribution in [3.63, 3.8) is 0 Å². The lowest BCUT2D eigenvalue weighted by Gasteiger charge is -2.09. The van der Waals surface area contributed by atoms with Crippen LogP contribution in [0.25, 0.3) is 0 Å². The summed E-state index contributed by atoms with van der Waals surface area (Å²) in [6.07, 6.45) is 0.247. The highest BCUT2D eigenvalue weighted by Crippen LogP contribution is 2.17. The minimum atomic E-state index is -0.149. The van der Waals surface area contributed by atoms with Crippen LogP contribution in [0.2, 0.25) is 0 Å². The molecule has 0 atom stereocenters. The molecule has 2 aromatic rings. The fourth-order valence-electron chi connectivity index (χ4n) is 2.15. The van der Waals surface area contributed by atoms with Gasteiger partial charge in [0.15, 0.2) is 0 Å². The molecule has 0 aliphatic carbocycles. The standard InChI is InChI=1S/C18H20N2O3/c1-23-16-10-6-5-9-15(16)13-17(21)19-11-12-20-18(22)14-7-3-2-4-8-14/h2-10H,11-13H2,1H3,(H,19,21)(H,20,22). The Balaban J connectivity index is 1.72. The van der Waals surface area contributed by atoms with Gasteiger partial charge in [-0.15, -0.1) is 0 Å². The molecule has 0 aliphatic rings. The van der Waals surface area contributed by atoms with E-state index in [1.807, 2.05) is 42.5 Å². The number of amides is 2. The van der Waals surface area contributed by atoms with Crippen molar-refractivity contribution < 1.29 is 14.3 Å². The summed E-state index contributed by atoms with van der Waals surface area (Å²) in [5.41, 5.74) is 1.44. The number of hydrogen-bond acceptors (Lipinski definition) is 3. The Kier molecular flexibility index (Phi) is 6.17. The number of para-hydroxylation sites is 1. The van der Waals surface area contributed by atoms with Crippen molar-refractivity contribution in [1.29, 1.82) is 0 Å². The Bertz CT molecular complexity index is 656. The lowest BCUT2D eigenvalue weighted by molar-refractivity contribution is -0.120. The molecule has 0 aliphatic heterocycles. The summed E-state index contributed by atoms with van der Waals surface area (Å²) in [4.78, 5) is 23.7. The minimum absolute atomic E-state index is 0.108. The highest BCUT2D eigenvalue weighted by molar-refractivity contribution is 5.94. The smallest absolute Gasteiger partial charge is 0.251 e. The van der Waals surface area contributed by atoms with E-state index in [0.29, 0.717) is 24.4 Å². The molecule has 0 fully saturated rings. The number of methoxy groups -OCH3 is 1. The zero-order valence-electron chi connectivity index (χ0n) is 13.0. The number of carbonyl (C=O) groups is 2. The van der Waals surface area contributed by atoms with Crippen molar-refractivity contribution in [2.75, 3.05) is 20.2 Å². The minimum Gasteiger partial charge on any atom is -0.496 e. The zero-order valence-corrected chi connectivity index (χ0v) is 13.0. The molecular weight excluding hydrogens is 292 g/mol. The van der Waals surface area contributed by atoms with Crippen molar-refractivity contribution in [3.05, 3.63) is 65.7 Å². The molecule has 23 heavy (non-hydrogen) atoms. The molecule has 5 nitrogen and oxygen atoms in total. The normalized spacial score (nSPS) is 9.96. The van der Waals surface area contributed by atoms with Gasteiger partial charge in [-0.05, 0) is 18.2 Å². The topological polar surface area (TPSA) is 67.4 Å². The van der Waals surface area contributed by atoms with Crippen LogP contribution in [0.3, 0.4) is 0 Å². The van der Waals surface area contributed by atoms with Gasteiger partial charge in [0, 0.05) is 24.2 Å². The molecular formula is C18H20N2O3. The third kappa shape index (κ3) is 5.14. The lowest BCUT2D eigenvalue weighted by atomic mass is 10.1. The Morgan fingerprint density at radius 1 is 0.913 bits per heavy atom. The van der Waals surface area contributed by atoms with Crippen LogP contribution in [-0.2, 0) is 11.2 Å². The number of ether oxygens (including phenoxy) is 1. The zero-order chi connectivity index (χ0) is 16.5. The number of benzene rings is 2. The van der Waals surface area contributed by atoms with E-state index in [1.54, 1.807) is 19.2 Å². The van der Waals surface area contributed by atoms with Gasteiger partial charge < -0.3 is 15.4 Å². The van der Waals surface area contributed by atoms with Gasteiger partial charge in [0.25, 0.3) is 5.91 Å². The van der Waals surface area contributed by atoms with Crippen LogP contribution in [0, 0.1) is 0 Å². The van der Waals surface area contributed by atoms with Gasteiger partial charge in [-0.2, -0.15) is 0 Å². The van der Waals surface area contributed by atoms with Gasteiger partial charge in [0.2, 0.25) is 5.91 Å². The van der Waals surface area contributed by atoms with Crippen LogP contribution in [-0.4, -0.2) is 32.0 Å². The highest BCUT2D eigenvalue weighted by Gasteiger charge is 2.08. The second-order valence-electron chi connectivity index (χ2n) is 4.96. The first kappa shape index (κ1) is 16.5. The third-order valence-corrected chi connectivity index (χ3v) is 3.31. The predicted molar refractivity (Wildman–Crippen MR) is 88.5 cm³/mol. The number of hydrogen-bond donors (Lipinski definition) is 2. The van der Waals surface area contributed by atoms with Gasteiger partial charge in [0.1, 0.15) is 5.75 Å². The number of carbonyl (C=O) groups excluding carboxylic acids is 2. The van der Waals surface area contributed by atoms with Gasteiger partial charge in [0.05, 0.1) is 13.5 Å². The van der Waals surface area contributed by atoms with Crippen molar-refractivity contribution in [1.82, 2.24) is 10.6 Å². The monoisotopic (exact) mass is 312 g/mol. The van der Waals surface area contributed by atoms with Crippen molar-refractivity contribution >= 4 is 11.8 Å². The molecule has 0 saturated carbocycles. The predicted octanol–water partition coefficient (Wildman–Crippen LogP) is 1.78. The first-order chi connectivity index (χ1) is 11.2. The SMILES string of the molecule is COc1ccccc1CC(=O)NCCNC(=O)c1ccccc1. The van der Waals surface area contributed by atoms with E-state index >= 15 is 0 Å². The Morgan fingerprint density at radius 2 is 1.57 bits per heavy atom. The van der Waals surface area contributed by atoms with Crippen LogP contribution in [0.1, 0.15) is 15.9 Å². The molecule has 0 unspecified atom stereocenters. The summed E-state index contributed by atoms with van der Waals surface area (Å²) in [6, 6.07) is 16.4. The summed E-state index contributed by atoms with van der Waals surface area (Å²) in [5.74, 6) is 0.438. The van der Waals surface area contributed by atoms with Gasteiger partial charge >= 0.3 is 0 Å². The number of rotatable bonds is 7. The second kappa shape index (κ2) is 8.58. The maximum Gasteiger partial charge on any atom is 0.251 e. The summed E-state index contributed by atoms with van der Waals surface area (Å²) in [5, 5.41) is 5.54. The molecule has 0 heterocycles. The fraction of sp³-hybridized carbons (Fsp3) is 0.222. The lowest BCUT2D eigenvalue weighted by Crippen LogP contribution is -2.35. The van der Waals surface area contributed by atoms with Crippen LogP contribution in [0.15, 0.2) is 54.6 Å². The van der Waals surface area contributed by atoms with E-state index in [9.17, 15) is 9.59 Å². The van der Waals surface area contributed by atoms with E-state index in [4.69, 9.17) is 4.74 Å². The van der Waals surface area contributed by atoms with Crippen LogP contribution in [0.5, 0.6) is 5.75 Å². The molecule has 0 spiro atoms. The summed E-state index contributed by atoms with van der Waals surface area (Å²) >= 11 is 0. The van der Waals surface area contributed by atoms with Gasteiger partial charge in [-0.25, -0.2) is 0 Å².